The van der Waals surface area contributed by atoms with Crippen LogP contribution in [0.2, 0.25) is 0 Å². The highest BCUT2D eigenvalue weighted by atomic mass is 16.1. The van der Waals surface area contributed by atoms with Gasteiger partial charge in [0.15, 0.2) is 0 Å². The fourth-order valence-corrected chi connectivity index (χ4v) is 3.49. The van der Waals surface area contributed by atoms with E-state index < -0.39 is 0 Å². The molecule has 1 aromatic heterocycles. The predicted molar refractivity (Wildman–Crippen MR) is 74.5 cm³/mol. The summed E-state index contributed by atoms with van der Waals surface area (Å²) >= 11 is 0. The standard InChI is InChI=1S/C15H23N3O/c1-17-7-2-3-14(17)11-18-8-5-12-9-15(19)16-6-4-13(12)10-18/h2-3,7,12-13H,4-6,8-11H2,1H3,(H,16,19). The van der Waals surface area contributed by atoms with E-state index in [2.05, 4.69) is 40.2 Å². The number of hydrogen-bond acceptors (Lipinski definition) is 2. The third-order valence-electron chi connectivity index (χ3n) is 4.70. The normalized spacial score (nSPS) is 28.6. The second-order valence-electron chi connectivity index (χ2n) is 6.00. The van der Waals surface area contributed by atoms with Gasteiger partial charge in [0.1, 0.15) is 0 Å². The highest BCUT2D eigenvalue weighted by molar-refractivity contribution is 5.76. The first-order chi connectivity index (χ1) is 9.22. The molecule has 4 heteroatoms. The van der Waals surface area contributed by atoms with Crippen molar-refractivity contribution in [2.75, 3.05) is 19.6 Å². The molecule has 2 aliphatic heterocycles. The van der Waals surface area contributed by atoms with Gasteiger partial charge in [0, 0.05) is 45.0 Å². The zero-order valence-corrected chi connectivity index (χ0v) is 11.6. The molecule has 2 saturated heterocycles. The molecule has 2 aliphatic rings. The van der Waals surface area contributed by atoms with E-state index in [1.807, 2.05) is 0 Å². The molecule has 2 fully saturated rings. The summed E-state index contributed by atoms with van der Waals surface area (Å²) in [5.74, 6) is 1.54. The maximum absolute atomic E-state index is 11.6. The van der Waals surface area contributed by atoms with Crippen molar-refractivity contribution in [1.29, 1.82) is 0 Å². The molecule has 0 saturated carbocycles. The molecule has 3 rings (SSSR count). The molecule has 104 valence electrons. The number of nitrogens with one attached hydrogen (secondary N) is 1. The molecular formula is C15H23N3O. The Balaban J connectivity index is 1.62. The van der Waals surface area contributed by atoms with Gasteiger partial charge in [-0.05, 0) is 43.4 Å². The first kappa shape index (κ1) is 12.7. The largest absolute Gasteiger partial charge is 0.356 e. The smallest absolute Gasteiger partial charge is 0.220 e. The molecule has 0 aromatic carbocycles. The van der Waals surface area contributed by atoms with Crippen molar-refractivity contribution in [2.24, 2.45) is 18.9 Å². The Kier molecular flexibility index (Phi) is 3.60. The number of amides is 1. The average Bonchev–Trinajstić information content (AvgIpc) is 2.68. The van der Waals surface area contributed by atoms with Crippen molar-refractivity contribution in [2.45, 2.75) is 25.8 Å². The summed E-state index contributed by atoms with van der Waals surface area (Å²) in [6, 6.07) is 4.31. The first-order valence-corrected chi connectivity index (χ1v) is 7.31. The molecule has 0 spiro atoms. The average molecular weight is 261 g/mol. The number of aryl methyl sites for hydroxylation is 1. The zero-order valence-electron chi connectivity index (χ0n) is 11.6. The van der Waals surface area contributed by atoms with Crippen molar-refractivity contribution >= 4 is 5.91 Å². The summed E-state index contributed by atoms with van der Waals surface area (Å²) in [5, 5.41) is 3.01. The molecule has 1 N–H and O–H groups in total. The van der Waals surface area contributed by atoms with Crippen molar-refractivity contribution in [3.63, 3.8) is 0 Å². The molecule has 0 aliphatic carbocycles. The lowest BCUT2D eigenvalue weighted by Gasteiger charge is -2.37. The fraction of sp³-hybridized carbons (Fsp3) is 0.667. The number of likely N-dealkylation sites (tertiary alicyclic amines) is 1. The highest BCUT2D eigenvalue weighted by Gasteiger charge is 2.32. The number of carbonyl (C=O) groups excluding carboxylic acids is 1. The lowest BCUT2D eigenvalue weighted by Crippen LogP contribution is -2.40. The van der Waals surface area contributed by atoms with Gasteiger partial charge < -0.3 is 9.88 Å². The molecule has 19 heavy (non-hydrogen) atoms. The van der Waals surface area contributed by atoms with E-state index >= 15 is 0 Å². The maximum Gasteiger partial charge on any atom is 0.220 e. The molecule has 1 amide bonds. The Bertz CT molecular complexity index is 454. The van der Waals surface area contributed by atoms with Crippen LogP contribution in [0, 0.1) is 11.8 Å². The lowest BCUT2D eigenvalue weighted by molar-refractivity contribution is -0.121. The third-order valence-corrected chi connectivity index (χ3v) is 4.70. The second-order valence-corrected chi connectivity index (χ2v) is 6.00. The van der Waals surface area contributed by atoms with Crippen molar-refractivity contribution in [3.05, 3.63) is 24.0 Å². The SMILES string of the molecule is Cn1cccc1CN1CCC2CC(=O)NCCC2C1. The molecule has 2 unspecified atom stereocenters. The molecule has 0 radical (unpaired) electrons. The minimum Gasteiger partial charge on any atom is -0.356 e. The van der Waals surface area contributed by atoms with E-state index in [4.69, 9.17) is 0 Å². The van der Waals surface area contributed by atoms with Crippen LogP contribution in [0.5, 0.6) is 0 Å². The van der Waals surface area contributed by atoms with Gasteiger partial charge in [0.25, 0.3) is 0 Å². The van der Waals surface area contributed by atoms with Gasteiger partial charge in [-0.3, -0.25) is 9.69 Å². The van der Waals surface area contributed by atoms with E-state index in [1.54, 1.807) is 0 Å². The van der Waals surface area contributed by atoms with Crippen molar-refractivity contribution in [3.8, 4) is 0 Å². The number of aromatic nitrogens is 1. The van der Waals surface area contributed by atoms with Crippen LogP contribution in [-0.4, -0.2) is 35.0 Å². The number of nitrogens with zero attached hydrogens (tertiary/aromatic N) is 2. The molecule has 4 nitrogen and oxygen atoms in total. The molecule has 0 bridgehead atoms. The van der Waals surface area contributed by atoms with Crippen LogP contribution in [0.3, 0.4) is 0 Å². The molecular weight excluding hydrogens is 238 g/mol. The van der Waals surface area contributed by atoms with Crippen LogP contribution in [0.1, 0.15) is 25.0 Å². The number of fused-ring (bicyclic) bond motifs is 1. The van der Waals surface area contributed by atoms with Gasteiger partial charge in [0.2, 0.25) is 5.91 Å². The number of piperidine rings is 1. The van der Waals surface area contributed by atoms with Crippen molar-refractivity contribution < 1.29 is 4.79 Å². The quantitative estimate of drug-likeness (QED) is 0.873. The summed E-state index contributed by atoms with van der Waals surface area (Å²) in [4.78, 5) is 14.1. The summed E-state index contributed by atoms with van der Waals surface area (Å²) in [6.07, 6.45) is 5.15. The van der Waals surface area contributed by atoms with Crippen molar-refractivity contribution in [1.82, 2.24) is 14.8 Å². The minimum atomic E-state index is 0.253. The van der Waals surface area contributed by atoms with Gasteiger partial charge >= 0.3 is 0 Å². The molecule has 2 atom stereocenters. The van der Waals surface area contributed by atoms with E-state index in [0.29, 0.717) is 11.8 Å². The maximum atomic E-state index is 11.6. The van der Waals surface area contributed by atoms with Crippen LogP contribution < -0.4 is 5.32 Å². The minimum absolute atomic E-state index is 0.253. The van der Waals surface area contributed by atoms with Gasteiger partial charge in [0.05, 0.1) is 0 Å². The van der Waals surface area contributed by atoms with Gasteiger partial charge in [-0.15, -0.1) is 0 Å². The summed E-state index contributed by atoms with van der Waals surface area (Å²) in [6.45, 7) is 4.16. The Morgan fingerprint density at radius 3 is 3.05 bits per heavy atom. The molecule has 1 aromatic rings. The second kappa shape index (κ2) is 5.37. The van der Waals surface area contributed by atoms with Crippen LogP contribution in [-0.2, 0) is 18.4 Å². The Labute approximate surface area is 114 Å². The summed E-state index contributed by atoms with van der Waals surface area (Å²) < 4.78 is 2.20. The van der Waals surface area contributed by atoms with Crippen LogP contribution in [0.4, 0.5) is 0 Å². The number of rotatable bonds is 2. The van der Waals surface area contributed by atoms with E-state index in [1.165, 1.54) is 12.1 Å². The predicted octanol–water partition coefficient (Wildman–Crippen LogP) is 1.37. The van der Waals surface area contributed by atoms with Gasteiger partial charge in [-0.25, -0.2) is 0 Å². The van der Waals surface area contributed by atoms with Gasteiger partial charge in [-0.2, -0.15) is 0 Å². The first-order valence-electron chi connectivity index (χ1n) is 7.31. The van der Waals surface area contributed by atoms with Crippen LogP contribution in [0.25, 0.3) is 0 Å². The van der Waals surface area contributed by atoms with Gasteiger partial charge in [-0.1, -0.05) is 0 Å². The van der Waals surface area contributed by atoms with Crippen LogP contribution in [0.15, 0.2) is 18.3 Å². The third kappa shape index (κ3) is 2.84. The van der Waals surface area contributed by atoms with E-state index in [-0.39, 0.29) is 5.91 Å². The fourth-order valence-electron chi connectivity index (χ4n) is 3.49. The Morgan fingerprint density at radius 2 is 2.26 bits per heavy atom. The summed E-state index contributed by atoms with van der Waals surface area (Å²) in [7, 11) is 2.11. The summed E-state index contributed by atoms with van der Waals surface area (Å²) in [5.41, 5.74) is 1.38. The van der Waals surface area contributed by atoms with Crippen LogP contribution >= 0.6 is 0 Å². The Morgan fingerprint density at radius 1 is 1.37 bits per heavy atom. The van der Waals surface area contributed by atoms with E-state index in [9.17, 15) is 4.79 Å². The highest BCUT2D eigenvalue weighted by Crippen LogP contribution is 2.31. The topological polar surface area (TPSA) is 37.3 Å². The zero-order chi connectivity index (χ0) is 13.2. The number of carbonyl (C=O) groups is 1. The van der Waals surface area contributed by atoms with E-state index in [0.717, 1.165) is 39.0 Å². The Hall–Kier alpha value is -1.29. The monoisotopic (exact) mass is 261 g/mol. The lowest BCUT2D eigenvalue weighted by atomic mass is 9.82. The molecule has 3 heterocycles. The number of hydrogen-bond donors (Lipinski definition) is 1.